The summed E-state index contributed by atoms with van der Waals surface area (Å²) < 4.78 is 5.38. The van der Waals surface area contributed by atoms with Crippen molar-refractivity contribution in [2.75, 3.05) is 10.2 Å². The number of nitrogens with one attached hydrogen (secondary N) is 1. The standard InChI is InChI=1S/C16H20N2O5/c1-5-11-13(19)17-10-8-9(14(20)21)6-7-12(10)18(11)15(22)23-16(2,3)4/h6-8,11H,5H2,1-4H3,(H,17,19)(H,20,21). The summed E-state index contributed by atoms with van der Waals surface area (Å²) in [6, 6.07) is 3.53. The first kappa shape index (κ1) is 16.8. The molecule has 124 valence electrons. The number of benzene rings is 1. The van der Waals surface area contributed by atoms with Crippen molar-refractivity contribution in [3.05, 3.63) is 23.8 Å². The van der Waals surface area contributed by atoms with E-state index in [4.69, 9.17) is 9.84 Å². The molecule has 0 spiro atoms. The minimum absolute atomic E-state index is 0.0307. The number of anilines is 2. The average Bonchev–Trinajstić information content (AvgIpc) is 2.42. The zero-order chi connectivity index (χ0) is 17.4. The number of ether oxygens (including phenoxy) is 1. The Bertz CT molecular complexity index is 663. The summed E-state index contributed by atoms with van der Waals surface area (Å²) in [5.74, 6) is -1.48. The van der Waals surface area contributed by atoms with E-state index in [1.807, 2.05) is 0 Å². The predicted octanol–water partition coefficient (Wildman–Crippen LogP) is 2.86. The van der Waals surface area contributed by atoms with Crippen molar-refractivity contribution < 1.29 is 24.2 Å². The molecule has 0 radical (unpaired) electrons. The summed E-state index contributed by atoms with van der Waals surface area (Å²) in [5, 5.41) is 11.7. The fourth-order valence-corrected chi connectivity index (χ4v) is 2.39. The zero-order valence-corrected chi connectivity index (χ0v) is 13.5. The lowest BCUT2D eigenvalue weighted by Gasteiger charge is -2.36. The van der Waals surface area contributed by atoms with Crippen LogP contribution in [0.1, 0.15) is 44.5 Å². The molecule has 2 rings (SSSR count). The number of hydrogen-bond acceptors (Lipinski definition) is 4. The van der Waals surface area contributed by atoms with Gasteiger partial charge in [0.15, 0.2) is 0 Å². The highest BCUT2D eigenvalue weighted by Gasteiger charge is 2.38. The molecule has 0 saturated heterocycles. The number of rotatable bonds is 2. The van der Waals surface area contributed by atoms with Crippen LogP contribution in [0.15, 0.2) is 18.2 Å². The lowest BCUT2D eigenvalue weighted by Crippen LogP contribution is -2.52. The van der Waals surface area contributed by atoms with Gasteiger partial charge in [0.05, 0.1) is 16.9 Å². The van der Waals surface area contributed by atoms with Gasteiger partial charge >= 0.3 is 12.1 Å². The molecule has 1 unspecified atom stereocenters. The third-order valence-electron chi connectivity index (χ3n) is 3.35. The molecule has 7 nitrogen and oxygen atoms in total. The number of hydrogen-bond donors (Lipinski definition) is 2. The van der Waals surface area contributed by atoms with E-state index in [0.29, 0.717) is 12.1 Å². The maximum Gasteiger partial charge on any atom is 0.415 e. The van der Waals surface area contributed by atoms with Crippen molar-refractivity contribution >= 4 is 29.3 Å². The lowest BCUT2D eigenvalue weighted by atomic mass is 10.0. The van der Waals surface area contributed by atoms with Crippen LogP contribution in [0.3, 0.4) is 0 Å². The number of carbonyl (C=O) groups is 3. The van der Waals surface area contributed by atoms with E-state index in [1.54, 1.807) is 27.7 Å². The minimum atomic E-state index is -1.11. The highest BCUT2D eigenvalue weighted by molar-refractivity contribution is 6.11. The Morgan fingerprint density at radius 2 is 2.00 bits per heavy atom. The van der Waals surface area contributed by atoms with E-state index in [1.165, 1.54) is 23.1 Å². The van der Waals surface area contributed by atoms with Crippen molar-refractivity contribution in [1.29, 1.82) is 0 Å². The molecule has 1 aliphatic heterocycles. The fourth-order valence-electron chi connectivity index (χ4n) is 2.39. The van der Waals surface area contributed by atoms with Crippen molar-refractivity contribution in [2.24, 2.45) is 0 Å². The summed E-state index contributed by atoms with van der Waals surface area (Å²) in [6.45, 7) is 7.01. The molecule has 1 atom stereocenters. The number of carbonyl (C=O) groups excluding carboxylic acids is 2. The van der Waals surface area contributed by atoms with E-state index >= 15 is 0 Å². The zero-order valence-electron chi connectivity index (χ0n) is 13.5. The smallest absolute Gasteiger partial charge is 0.415 e. The van der Waals surface area contributed by atoms with Gasteiger partial charge in [-0.15, -0.1) is 0 Å². The molecule has 1 aliphatic rings. The van der Waals surface area contributed by atoms with Crippen LogP contribution in [0.4, 0.5) is 16.2 Å². The third kappa shape index (κ3) is 3.44. The van der Waals surface area contributed by atoms with E-state index in [9.17, 15) is 14.4 Å². The van der Waals surface area contributed by atoms with Gasteiger partial charge < -0.3 is 15.2 Å². The van der Waals surface area contributed by atoms with Crippen LogP contribution < -0.4 is 10.2 Å². The summed E-state index contributed by atoms with van der Waals surface area (Å²) in [7, 11) is 0. The number of nitrogens with zero attached hydrogens (tertiary/aromatic N) is 1. The van der Waals surface area contributed by atoms with Crippen LogP contribution in [0.5, 0.6) is 0 Å². The monoisotopic (exact) mass is 320 g/mol. The topological polar surface area (TPSA) is 95.9 Å². The van der Waals surface area contributed by atoms with E-state index < -0.39 is 23.7 Å². The van der Waals surface area contributed by atoms with Gasteiger partial charge in [0, 0.05) is 0 Å². The highest BCUT2D eigenvalue weighted by Crippen LogP contribution is 2.35. The fraction of sp³-hybridized carbons (Fsp3) is 0.438. The van der Waals surface area contributed by atoms with Crippen molar-refractivity contribution in [3.8, 4) is 0 Å². The van der Waals surface area contributed by atoms with Crippen molar-refractivity contribution in [1.82, 2.24) is 0 Å². The van der Waals surface area contributed by atoms with E-state index in [0.717, 1.165) is 0 Å². The SMILES string of the molecule is CCC1C(=O)Nc2cc(C(=O)O)ccc2N1C(=O)OC(C)(C)C. The Hall–Kier alpha value is -2.57. The first-order valence-corrected chi connectivity index (χ1v) is 7.34. The molecule has 7 heteroatoms. The van der Waals surface area contributed by atoms with E-state index in [2.05, 4.69) is 5.32 Å². The number of fused-ring (bicyclic) bond motifs is 1. The Balaban J connectivity index is 2.49. The van der Waals surface area contributed by atoms with Crippen LogP contribution in [0.25, 0.3) is 0 Å². The van der Waals surface area contributed by atoms with Crippen LogP contribution >= 0.6 is 0 Å². The molecule has 2 N–H and O–H groups in total. The van der Waals surface area contributed by atoms with Gasteiger partial charge in [0.1, 0.15) is 11.6 Å². The maximum absolute atomic E-state index is 12.5. The Labute approximate surface area is 134 Å². The van der Waals surface area contributed by atoms with Gasteiger partial charge in [-0.3, -0.25) is 9.69 Å². The third-order valence-corrected chi connectivity index (χ3v) is 3.35. The average molecular weight is 320 g/mol. The number of aromatic carboxylic acids is 1. The van der Waals surface area contributed by atoms with Crippen LogP contribution in [0, 0.1) is 0 Å². The normalized spacial score (nSPS) is 17.3. The summed E-state index contributed by atoms with van der Waals surface area (Å²) in [6.07, 6.45) is -0.228. The van der Waals surface area contributed by atoms with Crippen LogP contribution in [0.2, 0.25) is 0 Å². The molecular weight excluding hydrogens is 300 g/mol. The second kappa shape index (κ2) is 5.91. The van der Waals surface area contributed by atoms with Crippen LogP contribution in [-0.2, 0) is 9.53 Å². The second-order valence-corrected chi connectivity index (χ2v) is 6.30. The Morgan fingerprint density at radius 1 is 1.35 bits per heavy atom. The first-order chi connectivity index (χ1) is 10.6. The number of carboxylic acids is 1. The molecule has 1 aromatic carbocycles. The summed E-state index contributed by atoms with van der Waals surface area (Å²) in [4.78, 5) is 37.1. The van der Waals surface area contributed by atoms with E-state index in [-0.39, 0.29) is 17.2 Å². The van der Waals surface area contributed by atoms with Crippen molar-refractivity contribution in [2.45, 2.75) is 45.8 Å². The predicted molar refractivity (Wildman–Crippen MR) is 84.8 cm³/mol. The molecule has 0 aliphatic carbocycles. The van der Waals surface area contributed by atoms with Gasteiger partial charge in [-0.05, 0) is 45.4 Å². The van der Waals surface area contributed by atoms with Gasteiger partial charge in [0.25, 0.3) is 0 Å². The first-order valence-electron chi connectivity index (χ1n) is 7.34. The molecule has 23 heavy (non-hydrogen) atoms. The second-order valence-electron chi connectivity index (χ2n) is 6.30. The quantitative estimate of drug-likeness (QED) is 0.873. The molecule has 1 heterocycles. The molecule has 0 aromatic heterocycles. The largest absolute Gasteiger partial charge is 0.478 e. The lowest BCUT2D eigenvalue weighted by molar-refractivity contribution is -0.117. The minimum Gasteiger partial charge on any atom is -0.478 e. The molecule has 0 fully saturated rings. The van der Waals surface area contributed by atoms with Gasteiger partial charge in [-0.2, -0.15) is 0 Å². The Morgan fingerprint density at radius 3 is 2.52 bits per heavy atom. The number of amides is 2. The van der Waals surface area contributed by atoms with Crippen molar-refractivity contribution in [3.63, 3.8) is 0 Å². The van der Waals surface area contributed by atoms with Crippen LogP contribution in [-0.4, -0.2) is 34.7 Å². The molecule has 0 bridgehead atoms. The molecule has 2 amide bonds. The molecular formula is C16H20N2O5. The van der Waals surface area contributed by atoms with Gasteiger partial charge in [-0.1, -0.05) is 6.92 Å². The maximum atomic E-state index is 12.5. The van der Waals surface area contributed by atoms with Gasteiger partial charge in [0.2, 0.25) is 5.91 Å². The Kier molecular flexibility index (Phi) is 4.31. The summed E-state index contributed by atoms with van der Waals surface area (Å²) in [5.41, 5.74) is 0.0362. The summed E-state index contributed by atoms with van der Waals surface area (Å²) >= 11 is 0. The number of carboxylic acid groups (broad SMARTS) is 1. The molecule has 0 saturated carbocycles. The highest BCUT2D eigenvalue weighted by atomic mass is 16.6. The van der Waals surface area contributed by atoms with Gasteiger partial charge in [-0.25, -0.2) is 9.59 Å². The molecule has 1 aromatic rings.